The van der Waals surface area contributed by atoms with Crippen molar-refractivity contribution in [1.29, 1.82) is 0 Å². The summed E-state index contributed by atoms with van der Waals surface area (Å²) in [7, 11) is 2.09. The smallest absolute Gasteiger partial charge is 0.0624 e. The zero-order valence-electron chi connectivity index (χ0n) is 14.4. The first-order chi connectivity index (χ1) is 10.2. The van der Waals surface area contributed by atoms with Crippen LogP contribution in [0.3, 0.4) is 0 Å². The van der Waals surface area contributed by atoms with E-state index in [1.165, 1.54) is 50.0 Å². The minimum atomic E-state index is 0.822. The van der Waals surface area contributed by atoms with Gasteiger partial charge in [-0.05, 0) is 70.0 Å². The van der Waals surface area contributed by atoms with E-state index in [0.29, 0.717) is 0 Å². The zero-order valence-corrected chi connectivity index (χ0v) is 14.4. The van der Waals surface area contributed by atoms with Gasteiger partial charge in [-0.1, -0.05) is 26.7 Å². The molecule has 3 atom stereocenters. The molecule has 21 heavy (non-hydrogen) atoms. The second kappa shape index (κ2) is 7.98. The molecular formula is C18H33N3. The van der Waals surface area contributed by atoms with Crippen LogP contribution in [0.4, 0.5) is 0 Å². The molecule has 0 saturated heterocycles. The largest absolute Gasteiger partial charge is 0.319 e. The Kier molecular flexibility index (Phi) is 6.28. The fraction of sp³-hybridized carbons (Fsp3) is 0.833. The highest BCUT2D eigenvalue weighted by Crippen LogP contribution is 2.37. The highest BCUT2D eigenvalue weighted by atomic mass is 15.3. The summed E-state index contributed by atoms with van der Waals surface area (Å²) in [6.45, 7) is 8.92. The Labute approximate surface area is 130 Å². The van der Waals surface area contributed by atoms with E-state index in [1.807, 2.05) is 0 Å². The maximum atomic E-state index is 4.72. The standard InChI is InChI=1S/C18H33N3/c1-5-14-8-9-15(13-19-4)16(10-14)11-18-12-17(6-2)20-21(18)7-3/h12,14-16,19H,5-11,13H2,1-4H3. The predicted molar refractivity (Wildman–Crippen MR) is 89.5 cm³/mol. The fourth-order valence-electron chi connectivity index (χ4n) is 3.97. The molecule has 1 aromatic heterocycles. The predicted octanol–water partition coefficient (Wildman–Crippen LogP) is 3.67. The Hall–Kier alpha value is -0.830. The molecule has 2 rings (SSSR count). The van der Waals surface area contributed by atoms with Crippen molar-refractivity contribution in [2.75, 3.05) is 13.6 Å². The highest BCUT2D eigenvalue weighted by molar-refractivity contribution is 5.12. The van der Waals surface area contributed by atoms with Crippen LogP contribution in [-0.4, -0.2) is 23.4 Å². The second-order valence-corrected chi connectivity index (χ2v) is 6.67. The molecule has 0 spiro atoms. The summed E-state index contributed by atoms with van der Waals surface area (Å²) in [5.74, 6) is 2.60. The molecule has 1 heterocycles. The maximum absolute atomic E-state index is 4.72. The Balaban J connectivity index is 2.11. The molecular weight excluding hydrogens is 258 g/mol. The third-order valence-electron chi connectivity index (χ3n) is 5.34. The van der Waals surface area contributed by atoms with Gasteiger partial charge >= 0.3 is 0 Å². The molecule has 1 aliphatic carbocycles. The topological polar surface area (TPSA) is 29.9 Å². The monoisotopic (exact) mass is 291 g/mol. The Morgan fingerprint density at radius 2 is 2.05 bits per heavy atom. The van der Waals surface area contributed by atoms with Crippen molar-refractivity contribution in [3.63, 3.8) is 0 Å². The summed E-state index contributed by atoms with van der Waals surface area (Å²) in [5.41, 5.74) is 2.71. The van der Waals surface area contributed by atoms with Crippen molar-refractivity contribution in [2.24, 2.45) is 17.8 Å². The molecule has 1 aromatic rings. The molecule has 3 heteroatoms. The van der Waals surface area contributed by atoms with Gasteiger partial charge in [0.1, 0.15) is 0 Å². The number of aromatic nitrogens is 2. The molecule has 0 aromatic carbocycles. The average Bonchev–Trinajstić information content (AvgIpc) is 2.91. The van der Waals surface area contributed by atoms with E-state index >= 15 is 0 Å². The Morgan fingerprint density at radius 3 is 2.67 bits per heavy atom. The van der Waals surface area contributed by atoms with Gasteiger partial charge in [-0.15, -0.1) is 0 Å². The number of hydrogen-bond acceptors (Lipinski definition) is 2. The molecule has 1 aliphatic rings. The van der Waals surface area contributed by atoms with Gasteiger partial charge in [-0.25, -0.2) is 0 Å². The SMILES string of the molecule is CCc1cc(CC2CC(CC)CCC2CNC)n(CC)n1. The van der Waals surface area contributed by atoms with Crippen LogP contribution in [0.25, 0.3) is 0 Å². The molecule has 120 valence electrons. The van der Waals surface area contributed by atoms with E-state index in [1.54, 1.807) is 0 Å². The molecule has 0 aliphatic heterocycles. The van der Waals surface area contributed by atoms with E-state index in [0.717, 1.165) is 30.7 Å². The number of nitrogens with one attached hydrogen (secondary N) is 1. The van der Waals surface area contributed by atoms with Crippen LogP contribution < -0.4 is 5.32 Å². The summed E-state index contributed by atoms with van der Waals surface area (Å²) in [6.07, 6.45) is 7.82. The van der Waals surface area contributed by atoms with Gasteiger partial charge in [0.25, 0.3) is 0 Å². The summed E-state index contributed by atoms with van der Waals surface area (Å²) >= 11 is 0. The summed E-state index contributed by atoms with van der Waals surface area (Å²) in [5, 5.41) is 8.13. The number of hydrogen-bond donors (Lipinski definition) is 1. The fourth-order valence-corrected chi connectivity index (χ4v) is 3.97. The van der Waals surface area contributed by atoms with Crippen LogP contribution in [0.5, 0.6) is 0 Å². The van der Waals surface area contributed by atoms with Crippen molar-refractivity contribution < 1.29 is 0 Å². The van der Waals surface area contributed by atoms with Gasteiger partial charge in [-0.3, -0.25) is 4.68 Å². The first-order valence-corrected chi connectivity index (χ1v) is 8.91. The van der Waals surface area contributed by atoms with Crippen LogP contribution in [0.2, 0.25) is 0 Å². The minimum Gasteiger partial charge on any atom is -0.319 e. The highest BCUT2D eigenvalue weighted by Gasteiger charge is 2.30. The molecule has 0 radical (unpaired) electrons. The molecule has 0 bridgehead atoms. The first kappa shape index (κ1) is 16.5. The van der Waals surface area contributed by atoms with Crippen molar-refractivity contribution >= 4 is 0 Å². The third-order valence-corrected chi connectivity index (χ3v) is 5.34. The summed E-state index contributed by atoms with van der Waals surface area (Å²) < 4.78 is 2.23. The quantitative estimate of drug-likeness (QED) is 0.830. The maximum Gasteiger partial charge on any atom is 0.0624 e. The molecule has 3 nitrogen and oxygen atoms in total. The van der Waals surface area contributed by atoms with Gasteiger partial charge in [0.05, 0.1) is 5.69 Å². The molecule has 1 fully saturated rings. The van der Waals surface area contributed by atoms with Gasteiger partial charge in [0.15, 0.2) is 0 Å². The molecule has 1 saturated carbocycles. The lowest BCUT2D eigenvalue weighted by Gasteiger charge is -2.36. The molecule has 3 unspecified atom stereocenters. The summed E-state index contributed by atoms with van der Waals surface area (Å²) in [4.78, 5) is 0. The average molecular weight is 291 g/mol. The van der Waals surface area contributed by atoms with Crippen molar-refractivity contribution in [1.82, 2.24) is 15.1 Å². The van der Waals surface area contributed by atoms with E-state index in [4.69, 9.17) is 5.10 Å². The molecule has 0 amide bonds. The van der Waals surface area contributed by atoms with Gasteiger partial charge in [0.2, 0.25) is 0 Å². The van der Waals surface area contributed by atoms with E-state index < -0.39 is 0 Å². The van der Waals surface area contributed by atoms with Crippen LogP contribution in [-0.2, 0) is 19.4 Å². The van der Waals surface area contributed by atoms with E-state index in [2.05, 4.69) is 43.9 Å². The van der Waals surface area contributed by atoms with Crippen molar-refractivity contribution in [3.05, 3.63) is 17.5 Å². The van der Waals surface area contributed by atoms with Crippen molar-refractivity contribution in [3.8, 4) is 0 Å². The summed E-state index contributed by atoms with van der Waals surface area (Å²) in [6, 6.07) is 2.34. The lowest BCUT2D eigenvalue weighted by atomic mass is 9.71. The lowest BCUT2D eigenvalue weighted by Crippen LogP contribution is -2.33. The van der Waals surface area contributed by atoms with Gasteiger partial charge in [0, 0.05) is 12.2 Å². The first-order valence-electron chi connectivity index (χ1n) is 8.91. The minimum absolute atomic E-state index is 0.822. The van der Waals surface area contributed by atoms with Crippen LogP contribution in [0.15, 0.2) is 6.07 Å². The van der Waals surface area contributed by atoms with E-state index in [-0.39, 0.29) is 0 Å². The van der Waals surface area contributed by atoms with Crippen molar-refractivity contribution in [2.45, 2.75) is 65.8 Å². The van der Waals surface area contributed by atoms with Crippen LogP contribution in [0.1, 0.15) is 57.8 Å². The number of rotatable bonds is 7. The number of nitrogens with zero attached hydrogens (tertiary/aromatic N) is 2. The third kappa shape index (κ3) is 4.09. The molecule has 1 N–H and O–H groups in total. The zero-order chi connectivity index (χ0) is 15.2. The Bertz CT molecular complexity index is 424. The Morgan fingerprint density at radius 1 is 1.24 bits per heavy atom. The van der Waals surface area contributed by atoms with Crippen LogP contribution >= 0.6 is 0 Å². The normalized spacial score (nSPS) is 26.2. The van der Waals surface area contributed by atoms with Crippen LogP contribution in [0, 0.1) is 17.8 Å². The van der Waals surface area contributed by atoms with Gasteiger partial charge in [-0.2, -0.15) is 5.10 Å². The van der Waals surface area contributed by atoms with Gasteiger partial charge < -0.3 is 5.32 Å². The number of aryl methyl sites for hydroxylation is 2. The lowest BCUT2D eigenvalue weighted by molar-refractivity contribution is 0.171. The second-order valence-electron chi connectivity index (χ2n) is 6.67. The van der Waals surface area contributed by atoms with E-state index in [9.17, 15) is 0 Å².